The molecule has 3 N–H and O–H groups in total. The van der Waals surface area contributed by atoms with Crippen LogP contribution in [0.1, 0.15) is 20.3 Å². The van der Waals surface area contributed by atoms with Gasteiger partial charge < -0.3 is 11.1 Å². The second-order valence-corrected chi connectivity index (χ2v) is 6.21. The smallest absolute Gasteiger partial charge is 0.271 e. The molecular weight excluding hydrogens is 284 g/mol. The fourth-order valence-corrected chi connectivity index (χ4v) is 2.67. The van der Waals surface area contributed by atoms with Gasteiger partial charge >= 0.3 is 0 Å². The molecule has 2 rings (SSSR count). The minimum atomic E-state index is -0.480. The van der Waals surface area contributed by atoms with E-state index in [1.807, 2.05) is 6.92 Å². The number of nitrogens with one attached hydrogen (secondary N) is 1. The van der Waals surface area contributed by atoms with Crippen LogP contribution in [0.25, 0.3) is 0 Å². The van der Waals surface area contributed by atoms with Crippen molar-refractivity contribution in [2.24, 2.45) is 11.1 Å². The van der Waals surface area contributed by atoms with Gasteiger partial charge in [0.05, 0.1) is 11.0 Å². The number of likely N-dealkylation sites (tertiary alicyclic amines) is 1. The summed E-state index contributed by atoms with van der Waals surface area (Å²) in [7, 11) is 0. The lowest BCUT2D eigenvalue weighted by molar-refractivity contribution is -0.384. The average molecular weight is 306 g/mol. The van der Waals surface area contributed by atoms with Crippen molar-refractivity contribution < 1.29 is 9.72 Å². The van der Waals surface area contributed by atoms with Crippen molar-refractivity contribution in [2.75, 3.05) is 25.0 Å². The Morgan fingerprint density at radius 3 is 2.91 bits per heavy atom. The Labute approximate surface area is 129 Å². The Hall–Kier alpha value is -1.99. The highest BCUT2D eigenvalue weighted by Crippen LogP contribution is 2.30. The molecule has 0 aromatic heterocycles. The normalized spacial score (nSPS) is 23.2. The summed E-state index contributed by atoms with van der Waals surface area (Å²) < 4.78 is 0. The second-order valence-electron chi connectivity index (χ2n) is 6.21. The molecule has 0 saturated carbocycles. The molecule has 22 heavy (non-hydrogen) atoms. The molecule has 1 saturated heterocycles. The lowest BCUT2D eigenvalue weighted by Crippen LogP contribution is -2.42. The van der Waals surface area contributed by atoms with E-state index in [2.05, 4.69) is 17.1 Å². The molecule has 1 fully saturated rings. The van der Waals surface area contributed by atoms with E-state index >= 15 is 0 Å². The average Bonchev–Trinajstić information content (AvgIpc) is 2.90. The molecule has 1 aliphatic rings. The monoisotopic (exact) mass is 306 g/mol. The molecule has 1 amide bonds. The maximum atomic E-state index is 12.3. The van der Waals surface area contributed by atoms with Crippen LogP contribution in [-0.4, -0.2) is 41.4 Å². The van der Waals surface area contributed by atoms with E-state index in [1.54, 1.807) is 12.1 Å². The molecule has 0 bridgehead atoms. The number of carbonyl (C=O) groups is 1. The van der Waals surface area contributed by atoms with E-state index in [-0.39, 0.29) is 23.1 Å². The van der Waals surface area contributed by atoms with Crippen LogP contribution in [0.4, 0.5) is 11.4 Å². The summed E-state index contributed by atoms with van der Waals surface area (Å²) in [4.78, 5) is 24.7. The second kappa shape index (κ2) is 6.41. The van der Waals surface area contributed by atoms with E-state index < -0.39 is 4.92 Å². The van der Waals surface area contributed by atoms with Gasteiger partial charge in [0.15, 0.2) is 0 Å². The SMILES string of the molecule is CC(C(=O)Nc1cccc([N+](=O)[O-])c1)N1CCC(C)(CN)C1. The van der Waals surface area contributed by atoms with Crippen molar-refractivity contribution in [1.29, 1.82) is 0 Å². The van der Waals surface area contributed by atoms with Gasteiger partial charge in [0, 0.05) is 24.4 Å². The molecule has 1 aromatic carbocycles. The topological polar surface area (TPSA) is 101 Å². The molecule has 7 nitrogen and oxygen atoms in total. The zero-order chi connectivity index (χ0) is 16.3. The number of nitro groups is 1. The summed E-state index contributed by atoms with van der Waals surface area (Å²) in [6, 6.07) is 5.66. The van der Waals surface area contributed by atoms with Crippen molar-refractivity contribution in [2.45, 2.75) is 26.3 Å². The summed E-state index contributed by atoms with van der Waals surface area (Å²) in [5, 5.41) is 13.5. The van der Waals surface area contributed by atoms with Crippen LogP contribution in [0.5, 0.6) is 0 Å². The predicted octanol–water partition coefficient (Wildman–Crippen LogP) is 1.59. The molecule has 7 heteroatoms. The number of anilines is 1. The molecular formula is C15H22N4O3. The number of rotatable bonds is 5. The van der Waals surface area contributed by atoms with Crippen LogP contribution in [0.2, 0.25) is 0 Å². The minimum absolute atomic E-state index is 0.0395. The Morgan fingerprint density at radius 2 is 2.32 bits per heavy atom. The van der Waals surface area contributed by atoms with Crippen LogP contribution in [-0.2, 0) is 4.79 Å². The van der Waals surface area contributed by atoms with Crippen molar-refractivity contribution in [3.63, 3.8) is 0 Å². The Bertz CT molecular complexity index is 578. The van der Waals surface area contributed by atoms with Crippen molar-refractivity contribution >= 4 is 17.3 Å². The minimum Gasteiger partial charge on any atom is -0.330 e. The van der Waals surface area contributed by atoms with Gasteiger partial charge in [-0.1, -0.05) is 13.0 Å². The van der Waals surface area contributed by atoms with Crippen molar-refractivity contribution in [3.05, 3.63) is 34.4 Å². The van der Waals surface area contributed by atoms with Gasteiger partial charge in [0.2, 0.25) is 5.91 Å². The van der Waals surface area contributed by atoms with E-state index in [1.165, 1.54) is 12.1 Å². The third-order valence-corrected chi connectivity index (χ3v) is 4.33. The maximum absolute atomic E-state index is 12.3. The largest absolute Gasteiger partial charge is 0.330 e. The van der Waals surface area contributed by atoms with E-state index in [9.17, 15) is 14.9 Å². The lowest BCUT2D eigenvalue weighted by atomic mass is 9.90. The summed E-state index contributed by atoms with van der Waals surface area (Å²) >= 11 is 0. The molecule has 2 atom stereocenters. The van der Waals surface area contributed by atoms with Gasteiger partial charge in [-0.25, -0.2) is 0 Å². The quantitative estimate of drug-likeness (QED) is 0.635. The number of non-ortho nitro benzene ring substituents is 1. The summed E-state index contributed by atoms with van der Waals surface area (Å²) in [5.74, 6) is -0.165. The highest BCUT2D eigenvalue weighted by molar-refractivity contribution is 5.94. The number of carbonyl (C=O) groups excluding carboxylic acids is 1. The molecule has 1 heterocycles. The number of amides is 1. The molecule has 120 valence electrons. The molecule has 0 aliphatic carbocycles. The van der Waals surface area contributed by atoms with Crippen LogP contribution < -0.4 is 11.1 Å². The Kier molecular flexibility index (Phi) is 4.77. The van der Waals surface area contributed by atoms with Gasteiger partial charge in [-0.2, -0.15) is 0 Å². The van der Waals surface area contributed by atoms with E-state index in [0.717, 1.165) is 19.5 Å². The van der Waals surface area contributed by atoms with Crippen molar-refractivity contribution in [3.8, 4) is 0 Å². The lowest BCUT2D eigenvalue weighted by Gasteiger charge is -2.26. The van der Waals surface area contributed by atoms with Crippen LogP contribution >= 0.6 is 0 Å². The van der Waals surface area contributed by atoms with Crippen LogP contribution in [0.15, 0.2) is 24.3 Å². The first-order valence-corrected chi connectivity index (χ1v) is 7.34. The van der Waals surface area contributed by atoms with Gasteiger partial charge in [-0.15, -0.1) is 0 Å². The summed E-state index contributed by atoms with van der Waals surface area (Å²) in [6.07, 6.45) is 0.970. The third-order valence-electron chi connectivity index (χ3n) is 4.33. The number of hydrogen-bond donors (Lipinski definition) is 2. The molecule has 2 unspecified atom stereocenters. The maximum Gasteiger partial charge on any atom is 0.271 e. The summed E-state index contributed by atoms with van der Waals surface area (Å²) in [5.41, 5.74) is 6.24. The van der Waals surface area contributed by atoms with E-state index in [4.69, 9.17) is 5.73 Å². The standard InChI is InChI=1S/C15H22N4O3/c1-11(18-7-6-15(2,9-16)10-18)14(20)17-12-4-3-5-13(8-12)19(21)22/h3-5,8,11H,6-7,9-10,16H2,1-2H3,(H,17,20). The molecule has 1 aromatic rings. The Balaban J connectivity index is 2.00. The number of benzene rings is 1. The predicted molar refractivity (Wildman–Crippen MR) is 84.5 cm³/mol. The number of nitro benzene ring substituents is 1. The highest BCUT2D eigenvalue weighted by atomic mass is 16.6. The number of nitrogens with two attached hydrogens (primary N) is 1. The van der Waals surface area contributed by atoms with Gasteiger partial charge in [0.1, 0.15) is 0 Å². The highest BCUT2D eigenvalue weighted by Gasteiger charge is 2.36. The fraction of sp³-hybridized carbons (Fsp3) is 0.533. The first-order valence-electron chi connectivity index (χ1n) is 7.34. The number of nitrogens with zero attached hydrogens (tertiary/aromatic N) is 2. The van der Waals surface area contributed by atoms with Gasteiger partial charge in [-0.3, -0.25) is 19.8 Å². The first-order chi connectivity index (χ1) is 10.3. The molecule has 1 aliphatic heterocycles. The zero-order valence-corrected chi connectivity index (χ0v) is 12.9. The van der Waals surface area contributed by atoms with E-state index in [0.29, 0.717) is 12.2 Å². The fourth-order valence-electron chi connectivity index (χ4n) is 2.67. The van der Waals surface area contributed by atoms with Crippen molar-refractivity contribution in [1.82, 2.24) is 4.90 Å². The molecule has 0 spiro atoms. The number of hydrogen-bond acceptors (Lipinski definition) is 5. The molecule has 0 radical (unpaired) electrons. The first kappa shape index (κ1) is 16.4. The van der Waals surface area contributed by atoms with Crippen LogP contribution in [0, 0.1) is 15.5 Å². The Morgan fingerprint density at radius 1 is 1.59 bits per heavy atom. The van der Waals surface area contributed by atoms with Crippen LogP contribution in [0.3, 0.4) is 0 Å². The zero-order valence-electron chi connectivity index (χ0n) is 12.9. The van der Waals surface area contributed by atoms with Gasteiger partial charge in [0.25, 0.3) is 5.69 Å². The summed E-state index contributed by atoms with van der Waals surface area (Å²) in [6.45, 7) is 6.18. The third kappa shape index (κ3) is 3.61. The van der Waals surface area contributed by atoms with Gasteiger partial charge in [-0.05, 0) is 37.9 Å².